The lowest BCUT2D eigenvalue weighted by molar-refractivity contribution is 0.0979. The first-order chi connectivity index (χ1) is 8.61. The van der Waals surface area contributed by atoms with E-state index in [1.54, 1.807) is 11.4 Å². The molecule has 0 amide bonds. The Labute approximate surface area is 118 Å². The second kappa shape index (κ2) is 5.47. The van der Waals surface area contributed by atoms with Gasteiger partial charge in [0.1, 0.15) is 5.92 Å². The van der Waals surface area contributed by atoms with Crippen LogP contribution in [0.15, 0.2) is 39.5 Å². The smallest absolute Gasteiger partial charge is 0.185 e. The van der Waals surface area contributed by atoms with Gasteiger partial charge in [-0.3, -0.25) is 4.79 Å². The van der Waals surface area contributed by atoms with E-state index in [-0.39, 0.29) is 5.78 Å². The van der Waals surface area contributed by atoms with Crippen molar-refractivity contribution in [2.45, 2.75) is 12.8 Å². The Morgan fingerprint density at radius 2 is 2.06 bits per heavy atom. The fourth-order valence-electron chi connectivity index (χ4n) is 1.65. The maximum absolute atomic E-state index is 12.2. The fraction of sp³-hybridized carbons (Fsp3) is 0.143. The number of nitriles is 1. The molecule has 0 radical (unpaired) electrons. The lowest BCUT2D eigenvalue weighted by Crippen LogP contribution is -2.10. The van der Waals surface area contributed by atoms with E-state index in [1.165, 1.54) is 11.3 Å². The van der Waals surface area contributed by atoms with Crippen molar-refractivity contribution < 1.29 is 4.79 Å². The average Bonchev–Trinajstić information content (AvgIpc) is 2.79. The molecule has 1 heterocycles. The van der Waals surface area contributed by atoms with E-state index in [0.29, 0.717) is 5.56 Å². The number of aryl methyl sites for hydroxylation is 1. The zero-order chi connectivity index (χ0) is 13.1. The van der Waals surface area contributed by atoms with Crippen LogP contribution in [-0.4, -0.2) is 5.78 Å². The molecule has 1 atom stereocenters. The number of thiophene rings is 1. The minimum Gasteiger partial charge on any atom is -0.292 e. The molecular formula is C14H10BrNOS. The summed E-state index contributed by atoms with van der Waals surface area (Å²) in [6.45, 7) is 1.98. The maximum Gasteiger partial charge on any atom is 0.185 e. The Morgan fingerprint density at radius 1 is 1.39 bits per heavy atom. The number of rotatable bonds is 3. The van der Waals surface area contributed by atoms with E-state index in [9.17, 15) is 10.1 Å². The first kappa shape index (κ1) is 13.0. The second-order valence-corrected chi connectivity index (χ2v) is 6.27. The molecule has 0 fully saturated rings. The van der Waals surface area contributed by atoms with Gasteiger partial charge in [0, 0.05) is 10.9 Å². The molecule has 0 spiro atoms. The highest BCUT2D eigenvalue weighted by atomic mass is 79.9. The molecule has 0 saturated carbocycles. The van der Waals surface area contributed by atoms with Crippen LogP contribution in [0.1, 0.15) is 27.4 Å². The van der Waals surface area contributed by atoms with Gasteiger partial charge < -0.3 is 0 Å². The summed E-state index contributed by atoms with van der Waals surface area (Å²) in [5.41, 5.74) is 2.44. The standard InChI is InChI=1S/C14H10BrNOS/c1-9-2-4-10(5-3-9)12(7-16)14(17)11-6-13(15)18-8-11/h2-6,8,12H,1H3. The molecule has 0 aliphatic carbocycles. The van der Waals surface area contributed by atoms with Crippen molar-refractivity contribution in [1.29, 1.82) is 5.26 Å². The van der Waals surface area contributed by atoms with E-state index in [1.807, 2.05) is 31.2 Å². The number of hydrogen-bond acceptors (Lipinski definition) is 3. The first-order valence-electron chi connectivity index (χ1n) is 5.36. The minimum absolute atomic E-state index is 0.150. The lowest BCUT2D eigenvalue weighted by atomic mass is 9.92. The quantitative estimate of drug-likeness (QED) is 0.791. The van der Waals surface area contributed by atoms with Gasteiger partial charge in [-0.25, -0.2) is 0 Å². The highest BCUT2D eigenvalue weighted by Gasteiger charge is 2.22. The number of carbonyl (C=O) groups excluding carboxylic acids is 1. The number of benzene rings is 1. The molecule has 0 N–H and O–H groups in total. The summed E-state index contributed by atoms with van der Waals surface area (Å²) in [6.07, 6.45) is 0. The molecular weight excluding hydrogens is 310 g/mol. The highest BCUT2D eigenvalue weighted by Crippen LogP contribution is 2.26. The molecule has 0 aliphatic heterocycles. The Kier molecular flexibility index (Phi) is 3.95. The Balaban J connectivity index is 2.32. The van der Waals surface area contributed by atoms with Crippen molar-refractivity contribution in [3.63, 3.8) is 0 Å². The zero-order valence-electron chi connectivity index (χ0n) is 9.68. The molecule has 4 heteroatoms. The van der Waals surface area contributed by atoms with Crippen LogP contribution in [0.25, 0.3) is 0 Å². The van der Waals surface area contributed by atoms with Crippen molar-refractivity contribution >= 4 is 33.0 Å². The molecule has 1 aromatic heterocycles. The summed E-state index contributed by atoms with van der Waals surface area (Å²) in [6, 6.07) is 11.3. The summed E-state index contributed by atoms with van der Waals surface area (Å²) >= 11 is 4.77. The van der Waals surface area contributed by atoms with Crippen LogP contribution in [0.2, 0.25) is 0 Å². The number of carbonyl (C=O) groups is 1. The van der Waals surface area contributed by atoms with Crippen molar-refractivity contribution in [2.75, 3.05) is 0 Å². The third-order valence-corrected chi connectivity index (χ3v) is 4.16. The number of ketones is 1. The van der Waals surface area contributed by atoms with Gasteiger partial charge in [-0.1, -0.05) is 29.8 Å². The maximum atomic E-state index is 12.2. The van der Waals surface area contributed by atoms with E-state index < -0.39 is 5.92 Å². The van der Waals surface area contributed by atoms with Crippen LogP contribution in [0.3, 0.4) is 0 Å². The largest absolute Gasteiger partial charge is 0.292 e. The molecule has 2 nitrogen and oxygen atoms in total. The van der Waals surface area contributed by atoms with Crippen molar-refractivity contribution in [3.8, 4) is 6.07 Å². The van der Waals surface area contributed by atoms with Gasteiger partial charge in [0.25, 0.3) is 0 Å². The minimum atomic E-state index is -0.730. The third kappa shape index (κ3) is 2.69. The summed E-state index contributed by atoms with van der Waals surface area (Å²) in [5, 5.41) is 11.0. The predicted molar refractivity (Wildman–Crippen MR) is 75.9 cm³/mol. The van der Waals surface area contributed by atoms with Gasteiger partial charge in [0.15, 0.2) is 5.78 Å². The first-order valence-corrected chi connectivity index (χ1v) is 7.03. The average molecular weight is 320 g/mol. The molecule has 90 valence electrons. The van der Waals surface area contributed by atoms with Crippen LogP contribution in [0, 0.1) is 18.3 Å². The van der Waals surface area contributed by atoms with Crippen LogP contribution in [0.4, 0.5) is 0 Å². The van der Waals surface area contributed by atoms with Gasteiger partial charge in [-0.2, -0.15) is 5.26 Å². The SMILES string of the molecule is Cc1ccc(C(C#N)C(=O)c2csc(Br)c2)cc1. The molecule has 0 bridgehead atoms. The molecule has 2 rings (SSSR count). The number of halogens is 1. The normalized spacial score (nSPS) is 11.8. The predicted octanol–water partition coefficient (Wildman–Crippen LogP) is 4.31. The molecule has 1 aromatic carbocycles. The van der Waals surface area contributed by atoms with Gasteiger partial charge in [0.2, 0.25) is 0 Å². The molecule has 2 aromatic rings. The van der Waals surface area contributed by atoms with Gasteiger partial charge in [-0.15, -0.1) is 11.3 Å². The number of Topliss-reactive ketones (excluding diaryl/α,β-unsaturated/α-hetero) is 1. The third-order valence-electron chi connectivity index (χ3n) is 2.65. The van der Waals surface area contributed by atoms with Gasteiger partial charge in [-0.05, 0) is 34.5 Å². The van der Waals surface area contributed by atoms with Crippen molar-refractivity contribution in [2.24, 2.45) is 0 Å². The zero-order valence-corrected chi connectivity index (χ0v) is 12.1. The fourth-order valence-corrected chi connectivity index (χ4v) is 2.80. The lowest BCUT2D eigenvalue weighted by Gasteiger charge is -2.07. The van der Waals surface area contributed by atoms with Gasteiger partial charge >= 0.3 is 0 Å². The number of nitrogens with zero attached hydrogens (tertiary/aromatic N) is 1. The van der Waals surface area contributed by atoms with Crippen LogP contribution in [0.5, 0.6) is 0 Å². The topological polar surface area (TPSA) is 40.9 Å². The highest BCUT2D eigenvalue weighted by molar-refractivity contribution is 9.11. The van der Waals surface area contributed by atoms with E-state index in [0.717, 1.165) is 14.9 Å². The van der Waals surface area contributed by atoms with E-state index in [2.05, 4.69) is 22.0 Å². The van der Waals surface area contributed by atoms with Crippen molar-refractivity contribution in [1.82, 2.24) is 0 Å². The molecule has 1 unspecified atom stereocenters. The molecule has 18 heavy (non-hydrogen) atoms. The monoisotopic (exact) mass is 319 g/mol. The Morgan fingerprint density at radius 3 is 2.56 bits per heavy atom. The summed E-state index contributed by atoms with van der Waals surface area (Å²) < 4.78 is 0.895. The molecule has 0 saturated heterocycles. The summed E-state index contributed by atoms with van der Waals surface area (Å²) in [4.78, 5) is 12.2. The summed E-state index contributed by atoms with van der Waals surface area (Å²) in [5.74, 6) is -0.879. The van der Waals surface area contributed by atoms with Crippen molar-refractivity contribution in [3.05, 3.63) is 56.2 Å². The second-order valence-electron chi connectivity index (χ2n) is 3.98. The van der Waals surface area contributed by atoms with E-state index in [4.69, 9.17) is 0 Å². The van der Waals surface area contributed by atoms with Crippen LogP contribution >= 0.6 is 27.3 Å². The summed E-state index contributed by atoms with van der Waals surface area (Å²) in [7, 11) is 0. The van der Waals surface area contributed by atoms with E-state index >= 15 is 0 Å². The Hall–Kier alpha value is -1.44. The molecule has 0 aliphatic rings. The van der Waals surface area contributed by atoms with Gasteiger partial charge in [0.05, 0.1) is 9.86 Å². The number of hydrogen-bond donors (Lipinski definition) is 0. The van der Waals surface area contributed by atoms with Crippen LogP contribution in [-0.2, 0) is 0 Å². The van der Waals surface area contributed by atoms with Crippen LogP contribution < -0.4 is 0 Å². The Bertz CT molecular complexity index is 609.